The van der Waals surface area contributed by atoms with Crippen molar-refractivity contribution in [1.82, 2.24) is 0 Å². The molecular formula is C30H50O5. The second kappa shape index (κ2) is 8.38. The summed E-state index contributed by atoms with van der Waals surface area (Å²) in [5.41, 5.74) is -0.694. The maximum absolute atomic E-state index is 12.9. The van der Waals surface area contributed by atoms with Crippen LogP contribution in [0.5, 0.6) is 0 Å². The molecule has 0 heterocycles. The Morgan fingerprint density at radius 2 is 1.71 bits per heavy atom. The summed E-state index contributed by atoms with van der Waals surface area (Å²) < 4.78 is 0. The molecule has 0 bridgehead atoms. The van der Waals surface area contributed by atoms with Gasteiger partial charge in [0.1, 0.15) is 11.9 Å². The van der Waals surface area contributed by atoms with Crippen LogP contribution in [0.15, 0.2) is 11.6 Å². The van der Waals surface area contributed by atoms with Crippen molar-refractivity contribution in [2.24, 2.45) is 45.3 Å². The molecule has 4 N–H and O–H groups in total. The molecule has 3 saturated carbocycles. The van der Waals surface area contributed by atoms with Crippen molar-refractivity contribution >= 4 is 5.78 Å². The molecule has 0 spiro atoms. The lowest BCUT2D eigenvalue weighted by Gasteiger charge is -2.67. The fraction of sp³-hybridized carbons (Fsp3) is 0.900. The van der Waals surface area contributed by atoms with Gasteiger partial charge in [0.15, 0.2) is 0 Å². The number of aliphatic hydroxyl groups is 4. The summed E-state index contributed by atoms with van der Waals surface area (Å²) in [5.74, 6) is 1.37. The Bertz CT molecular complexity index is 886. The molecule has 0 aromatic rings. The normalized spacial score (nSPS) is 45.6. The molecular weight excluding hydrogens is 440 g/mol. The minimum absolute atomic E-state index is 0.0320. The van der Waals surface area contributed by atoms with E-state index in [1.165, 1.54) is 19.4 Å². The van der Waals surface area contributed by atoms with E-state index in [0.717, 1.165) is 25.7 Å². The van der Waals surface area contributed by atoms with Crippen molar-refractivity contribution in [1.29, 1.82) is 0 Å². The first-order valence-electron chi connectivity index (χ1n) is 13.9. The van der Waals surface area contributed by atoms with Gasteiger partial charge in [-0.1, -0.05) is 53.2 Å². The first-order chi connectivity index (χ1) is 15.9. The Labute approximate surface area is 212 Å². The molecule has 10 atom stereocenters. The summed E-state index contributed by atoms with van der Waals surface area (Å²) in [5, 5.41) is 43.0. The summed E-state index contributed by atoms with van der Waals surface area (Å²) in [6.45, 7) is 16.4. The number of rotatable bonds is 5. The molecule has 5 heteroatoms. The van der Waals surface area contributed by atoms with E-state index >= 15 is 0 Å². The van der Waals surface area contributed by atoms with Crippen LogP contribution in [0.4, 0.5) is 0 Å². The van der Waals surface area contributed by atoms with Gasteiger partial charge in [-0.3, -0.25) is 4.79 Å². The third-order valence-corrected chi connectivity index (χ3v) is 11.9. The van der Waals surface area contributed by atoms with E-state index in [-0.39, 0.29) is 28.1 Å². The molecule has 0 aromatic heterocycles. The Balaban J connectivity index is 1.61. The largest absolute Gasteiger partial charge is 0.392 e. The zero-order chi connectivity index (χ0) is 26.4. The van der Waals surface area contributed by atoms with Crippen molar-refractivity contribution in [3.05, 3.63) is 11.6 Å². The van der Waals surface area contributed by atoms with E-state index in [4.69, 9.17) is 0 Å². The van der Waals surface area contributed by atoms with Crippen LogP contribution in [0.25, 0.3) is 0 Å². The smallest absolute Gasteiger partial charge is 0.138 e. The summed E-state index contributed by atoms with van der Waals surface area (Å²) in [6.07, 6.45) is 5.41. The van der Waals surface area contributed by atoms with Gasteiger partial charge in [0.2, 0.25) is 0 Å². The predicted molar refractivity (Wildman–Crippen MR) is 137 cm³/mol. The van der Waals surface area contributed by atoms with E-state index < -0.39 is 29.3 Å². The molecule has 4 aliphatic rings. The van der Waals surface area contributed by atoms with Gasteiger partial charge in [-0.05, 0) is 86.9 Å². The van der Waals surface area contributed by atoms with Crippen LogP contribution in [-0.2, 0) is 4.79 Å². The zero-order valence-corrected chi connectivity index (χ0v) is 23.3. The lowest BCUT2D eigenvalue weighted by atomic mass is 9.37. The Hall–Kier alpha value is -0.750. The highest BCUT2D eigenvalue weighted by Crippen LogP contribution is 2.72. The number of aliphatic hydroxyl groups excluding tert-OH is 3. The maximum atomic E-state index is 12.9. The highest BCUT2D eigenvalue weighted by Gasteiger charge is 2.68. The Morgan fingerprint density at radius 1 is 1.09 bits per heavy atom. The van der Waals surface area contributed by atoms with Crippen LogP contribution in [0.1, 0.15) is 100 Å². The maximum Gasteiger partial charge on any atom is 0.138 e. The first kappa shape index (κ1) is 27.3. The van der Waals surface area contributed by atoms with Crippen LogP contribution in [0, 0.1) is 45.3 Å². The molecule has 0 aromatic carbocycles. The van der Waals surface area contributed by atoms with E-state index in [2.05, 4.69) is 47.6 Å². The van der Waals surface area contributed by atoms with Crippen molar-refractivity contribution in [2.45, 2.75) is 124 Å². The van der Waals surface area contributed by atoms with Crippen LogP contribution in [-0.4, -0.2) is 50.1 Å². The number of ketones is 1. The van der Waals surface area contributed by atoms with Gasteiger partial charge in [-0.2, -0.15) is 0 Å². The van der Waals surface area contributed by atoms with Crippen LogP contribution in [0.2, 0.25) is 0 Å². The number of carbonyl (C=O) groups is 1. The predicted octanol–water partition coefficient (Wildman–Crippen LogP) is 4.65. The second-order valence-corrected chi connectivity index (χ2v) is 14.6. The van der Waals surface area contributed by atoms with Gasteiger partial charge >= 0.3 is 0 Å². The van der Waals surface area contributed by atoms with Crippen LogP contribution in [0.3, 0.4) is 0 Å². The van der Waals surface area contributed by atoms with Crippen molar-refractivity contribution < 1.29 is 25.2 Å². The van der Waals surface area contributed by atoms with Gasteiger partial charge in [0.05, 0.1) is 17.8 Å². The molecule has 0 saturated heterocycles. The highest BCUT2D eigenvalue weighted by molar-refractivity contribution is 5.85. The second-order valence-electron chi connectivity index (χ2n) is 14.6. The molecule has 5 nitrogen and oxygen atoms in total. The zero-order valence-electron chi connectivity index (χ0n) is 23.3. The van der Waals surface area contributed by atoms with Gasteiger partial charge < -0.3 is 20.4 Å². The summed E-state index contributed by atoms with van der Waals surface area (Å²) in [4.78, 5) is 12.9. The molecule has 0 radical (unpaired) electrons. The van der Waals surface area contributed by atoms with Gasteiger partial charge in [0, 0.05) is 17.3 Å². The molecule has 4 aliphatic carbocycles. The van der Waals surface area contributed by atoms with Gasteiger partial charge in [-0.25, -0.2) is 0 Å². The van der Waals surface area contributed by atoms with E-state index in [0.29, 0.717) is 36.9 Å². The van der Waals surface area contributed by atoms with Gasteiger partial charge in [0.25, 0.3) is 0 Å². The summed E-state index contributed by atoms with van der Waals surface area (Å²) >= 11 is 0. The lowest BCUT2D eigenvalue weighted by Crippen LogP contribution is -2.64. The minimum Gasteiger partial charge on any atom is -0.392 e. The number of Topliss-reactive ketones (excluding diaryl/α,β-unsaturated/α-hetero) is 1. The third kappa shape index (κ3) is 3.82. The monoisotopic (exact) mass is 490 g/mol. The molecule has 0 unspecified atom stereocenters. The van der Waals surface area contributed by atoms with Crippen LogP contribution >= 0.6 is 0 Å². The molecule has 3 fully saturated rings. The first-order valence-corrected chi connectivity index (χ1v) is 13.9. The van der Waals surface area contributed by atoms with E-state index in [9.17, 15) is 25.2 Å². The molecule has 35 heavy (non-hydrogen) atoms. The van der Waals surface area contributed by atoms with E-state index in [1.807, 2.05) is 0 Å². The SMILES string of the molecule is C[C@@H](C[C@@H](O)[C@H](O)C(C)(C)O)[C@@H]1CC=C2[C@]3(C)[C@H](O)C[C@H]4C(C)(C)C(=O)CC[C@]4(C)[C@H]3CC[C@]21C. The quantitative estimate of drug-likeness (QED) is 0.421. The van der Waals surface area contributed by atoms with Gasteiger partial charge in [-0.15, -0.1) is 0 Å². The Kier molecular flexibility index (Phi) is 6.53. The number of allylic oxidation sites excluding steroid dienone is 1. The van der Waals surface area contributed by atoms with Crippen molar-refractivity contribution in [2.75, 3.05) is 0 Å². The van der Waals surface area contributed by atoms with Crippen molar-refractivity contribution in [3.8, 4) is 0 Å². The average Bonchev–Trinajstić information content (AvgIpc) is 3.10. The summed E-state index contributed by atoms with van der Waals surface area (Å²) in [7, 11) is 0. The molecule has 0 amide bonds. The minimum atomic E-state index is -1.35. The average molecular weight is 491 g/mol. The Morgan fingerprint density at radius 3 is 2.31 bits per heavy atom. The number of hydrogen-bond donors (Lipinski definition) is 4. The number of fused-ring (bicyclic) bond motifs is 5. The standard InChI is InChI=1S/C30H50O5/c1-17(15-19(31)25(34)27(4,5)35)18-9-10-20-28(18,6)13-11-21-29(7)14-12-23(32)26(2,3)22(29)16-24(33)30(20,21)8/h10,17-19,21-22,24-25,31,33-35H,9,11-16H2,1-8H3/t17-,18-,19+,21+,22-,24+,25-,28-,29+,30-/m0/s1. The highest BCUT2D eigenvalue weighted by atomic mass is 16.4. The van der Waals surface area contributed by atoms with Crippen molar-refractivity contribution in [3.63, 3.8) is 0 Å². The fourth-order valence-corrected chi connectivity index (χ4v) is 9.80. The van der Waals surface area contributed by atoms with Crippen LogP contribution < -0.4 is 0 Å². The van der Waals surface area contributed by atoms with E-state index in [1.54, 1.807) is 0 Å². The lowest BCUT2D eigenvalue weighted by molar-refractivity contribution is -0.191. The fourth-order valence-electron chi connectivity index (χ4n) is 9.80. The summed E-state index contributed by atoms with van der Waals surface area (Å²) in [6, 6.07) is 0. The number of hydrogen-bond acceptors (Lipinski definition) is 5. The molecule has 0 aliphatic heterocycles. The number of carbonyl (C=O) groups excluding carboxylic acids is 1. The molecule has 200 valence electrons. The topological polar surface area (TPSA) is 98.0 Å². The third-order valence-electron chi connectivity index (χ3n) is 11.9. The molecule has 4 rings (SSSR count).